The predicted molar refractivity (Wildman–Crippen MR) is 112 cm³/mol. The topological polar surface area (TPSA) is 70.9 Å². The van der Waals surface area contributed by atoms with Gasteiger partial charge in [0, 0.05) is 29.4 Å². The molecule has 0 radical (unpaired) electrons. The minimum absolute atomic E-state index is 0.177. The Labute approximate surface area is 172 Å². The van der Waals surface area contributed by atoms with E-state index in [9.17, 15) is 13.2 Å². The number of hydrogen-bond acceptors (Lipinski definition) is 3. The molecule has 2 aromatic carbocycles. The average molecular weight is 425 g/mol. The first-order chi connectivity index (χ1) is 13.3. The molecule has 8 heteroatoms. The summed E-state index contributed by atoms with van der Waals surface area (Å²) in [6.07, 6.45) is 0. The van der Waals surface area contributed by atoms with Gasteiger partial charge in [-0.3, -0.25) is 4.79 Å². The number of nitrogens with one attached hydrogen (secondary N) is 2. The van der Waals surface area contributed by atoms with Crippen molar-refractivity contribution in [3.8, 4) is 0 Å². The largest absolute Gasteiger partial charge is 0.326 e. The molecule has 1 unspecified atom stereocenters. The Morgan fingerprint density at radius 1 is 1.11 bits per heavy atom. The first-order valence-corrected chi connectivity index (χ1v) is 11.0. The number of benzene rings is 2. The second-order valence-corrected chi connectivity index (χ2v) is 8.98. The molecule has 0 saturated carbocycles. The third-order valence-corrected chi connectivity index (χ3v) is 6.64. The Bertz CT molecular complexity index is 897. The molecule has 0 heterocycles. The van der Waals surface area contributed by atoms with E-state index in [1.54, 1.807) is 32.0 Å². The van der Waals surface area contributed by atoms with Crippen LogP contribution in [0.2, 0.25) is 5.02 Å². The zero-order chi connectivity index (χ0) is 20.7. The van der Waals surface area contributed by atoms with Gasteiger partial charge in [0.1, 0.15) is 6.54 Å². The fourth-order valence-corrected chi connectivity index (χ4v) is 4.57. The van der Waals surface area contributed by atoms with Crippen molar-refractivity contribution < 1.29 is 18.1 Å². The molecule has 1 atom stereocenters. The molecule has 0 aliphatic heterocycles. The van der Waals surface area contributed by atoms with E-state index < -0.39 is 10.0 Å². The van der Waals surface area contributed by atoms with Crippen LogP contribution in [0, 0.1) is 0 Å². The quantitative estimate of drug-likeness (QED) is 0.647. The van der Waals surface area contributed by atoms with Crippen molar-refractivity contribution in [3.05, 3.63) is 59.1 Å². The van der Waals surface area contributed by atoms with Crippen LogP contribution in [0.25, 0.3) is 0 Å². The maximum absolute atomic E-state index is 12.6. The molecule has 0 spiro atoms. The van der Waals surface area contributed by atoms with Gasteiger partial charge in [-0.05, 0) is 30.3 Å². The molecule has 28 heavy (non-hydrogen) atoms. The molecular formula is C20H27ClN3O3S+. The zero-order valence-corrected chi connectivity index (χ0v) is 18.0. The molecule has 2 aromatic rings. The third kappa shape index (κ3) is 6.04. The van der Waals surface area contributed by atoms with Gasteiger partial charge in [0.05, 0.1) is 11.9 Å². The zero-order valence-electron chi connectivity index (χ0n) is 16.4. The summed E-state index contributed by atoms with van der Waals surface area (Å²) in [6, 6.07) is 13.9. The standard InChI is InChI=1S/C20H26ClN3O3S/c1-4-24(5-2)28(26,27)19-8-6-7-18(13-19)22-20(25)15-23(3)14-16-9-11-17(21)12-10-16/h6-13H,4-5,14-15H2,1-3H3,(H,22,25)/p+1. The van der Waals surface area contributed by atoms with Crippen LogP contribution in [0.3, 0.4) is 0 Å². The van der Waals surface area contributed by atoms with E-state index in [2.05, 4.69) is 5.32 Å². The van der Waals surface area contributed by atoms with Gasteiger partial charge in [-0.25, -0.2) is 8.42 Å². The Hall–Kier alpha value is -1.93. The highest BCUT2D eigenvalue weighted by atomic mass is 35.5. The van der Waals surface area contributed by atoms with Gasteiger partial charge in [-0.15, -0.1) is 0 Å². The van der Waals surface area contributed by atoms with Crippen molar-refractivity contribution in [1.82, 2.24) is 4.31 Å². The lowest BCUT2D eigenvalue weighted by molar-refractivity contribution is -0.885. The third-order valence-electron chi connectivity index (χ3n) is 4.34. The molecule has 0 aliphatic rings. The second-order valence-electron chi connectivity index (χ2n) is 6.60. The van der Waals surface area contributed by atoms with Crippen LogP contribution < -0.4 is 10.2 Å². The minimum Gasteiger partial charge on any atom is -0.326 e. The van der Waals surface area contributed by atoms with Crippen molar-refractivity contribution in [2.45, 2.75) is 25.3 Å². The number of likely N-dealkylation sites (N-methyl/N-ethyl adjacent to an activating group) is 1. The number of nitrogens with zero attached hydrogens (tertiary/aromatic N) is 1. The number of halogens is 1. The van der Waals surface area contributed by atoms with Crippen molar-refractivity contribution in [2.24, 2.45) is 0 Å². The highest BCUT2D eigenvalue weighted by molar-refractivity contribution is 7.89. The first-order valence-electron chi connectivity index (χ1n) is 9.22. The summed E-state index contributed by atoms with van der Waals surface area (Å²) in [5, 5.41) is 3.47. The Kier molecular flexibility index (Phi) is 8.00. The Morgan fingerprint density at radius 2 is 1.75 bits per heavy atom. The van der Waals surface area contributed by atoms with E-state index in [4.69, 9.17) is 11.6 Å². The van der Waals surface area contributed by atoms with Crippen LogP contribution in [-0.4, -0.2) is 45.3 Å². The van der Waals surface area contributed by atoms with Crippen LogP contribution in [0.1, 0.15) is 19.4 Å². The number of anilines is 1. The lowest BCUT2D eigenvalue weighted by Gasteiger charge is -2.19. The molecule has 152 valence electrons. The summed E-state index contributed by atoms with van der Waals surface area (Å²) in [6.45, 7) is 5.33. The van der Waals surface area contributed by atoms with E-state index in [-0.39, 0.29) is 17.3 Å². The highest BCUT2D eigenvalue weighted by Crippen LogP contribution is 2.19. The van der Waals surface area contributed by atoms with Gasteiger partial charge >= 0.3 is 0 Å². The molecule has 6 nitrogen and oxygen atoms in total. The number of sulfonamides is 1. The van der Waals surface area contributed by atoms with Crippen molar-refractivity contribution in [1.29, 1.82) is 0 Å². The van der Waals surface area contributed by atoms with E-state index in [1.165, 1.54) is 10.4 Å². The van der Waals surface area contributed by atoms with Gasteiger partial charge in [-0.1, -0.05) is 43.6 Å². The van der Waals surface area contributed by atoms with Gasteiger partial charge in [0.15, 0.2) is 6.54 Å². The summed E-state index contributed by atoms with van der Waals surface area (Å²) in [5.41, 5.74) is 1.56. The predicted octanol–water partition coefficient (Wildman–Crippen LogP) is 2.02. The Balaban J connectivity index is 2.01. The summed E-state index contributed by atoms with van der Waals surface area (Å²) in [5.74, 6) is -0.177. The van der Waals surface area contributed by atoms with Crippen LogP contribution in [-0.2, 0) is 21.4 Å². The molecule has 0 fully saturated rings. The van der Waals surface area contributed by atoms with Crippen molar-refractivity contribution >= 4 is 33.2 Å². The van der Waals surface area contributed by atoms with Crippen LogP contribution >= 0.6 is 11.6 Å². The molecule has 0 aromatic heterocycles. The van der Waals surface area contributed by atoms with E-state index in [0.29, 0.717) is 30.3 Å². The smallest absolute Gasteiger partial charge is 0.279 e. The summed E-state index contributed by atoms with van der Waals surface area (Å²) in [7, 11) is -1.63. The van der Waals surface area contributed by atoms with Gasteiger partial charge in [0.2, 0.25) is 10.0 Å². The number of rotatable bonds is 9. The number of hydrogen-bond donors (Lipinski definition) is 2. The maximum Gasteiger partial charge on any atom is 0.279 e. The van der Waals surface area contributed by atoms with Gasteiger partial charge in [-0.2, -0.15) is 4.31 Å². The van der Waals surface area contributed by atoms with Crippen LogP contribution in [0.15, 0.2) is 53.4 Å². The summed E-state index contributed by atoms with van der Waals surface area (Å²) < 4.78 is 26.7. The summed E-state index contributed by atoms with van der Waals surface area (Å²) >= 11 is 5.89. The molecule has 0 bridgehead atoms. The van der Waals surface area contributed by atoms with Crippen molar-refractivity contribution in [2.75, 3.05) is 32.0 Å². The van der Waals surface area contributed by atoms with E-state index in [1.807, 2.05) is 31.3 Å². The molecular weight excluding hydrogens is 398 g/mol. The monoisotopic (exact) mass is 424 g/mol. The fraction of sp³-hybridized carbons (Fsp3) is 0.350. The normalized spacial score (nSPS) is 12.8. The SMILES string of the molecule is CCN(CC)S(=O)(=O)c1cccc(NC(=O)C[NH+](C)Cc2ccc(Cl)cc2)c1. The van der Waals surface area contributed by atoms with Crippen molar-refractivity contribution in [3.63, 3.8) is 0 Å². The van der Waals surface area contributed by atoms with E-state index in [0.717, 1.165) is 10.5 Å². The maximum atomic E-state index is 12.6. The first kappa shape index (κ1) is 22.4. The number of quaternary nitrogens is 1. The fourth-order valence-electron chi connectivity index (χ4n) is 2.94. The molecule has 0 aliphatic carbocycles. The number of carbonyl (C=O) groups is 1. The van der Waals surface area contributed by atoms with Crippen LogP contribution in [0.5, 0.6) is 0 Å². The van der Waals surface area contributed by atoms with Gasteiger partial charge < -0.3 is 10.2 Å². The van der Waals surface area contributed by atoms with Gasteiger partial charge in [0.25, 0.3) is 5.91 Å². The average Bonchev–Trinajstić information content (AvgIpc) is 2.64. The van der Waals surface area contributed by atoms with Crippen LogP contribution in [0.4, 0.5) is 5.69 Å². The highest BCUT2D eigenvalue weighted by Gasteiger charge is 2.22. The number of amides is 1. The second kappa shape index (κ2) is 10.0. The summed E-state index contributed by atoms with van der Waals surface area (Å²) in [4.78, 5) is 13.5. The van der Waals surface area contributed by atoms with E-state index >= 15 is 0 Å². The number of carbonyl (C=O) groups excluding carboxylic acids is 1. The molecule has 0 saturated heterocycles. The Morgan fingerprint density at radius 3 is 2.36 bits per heavy atom. The molecule has 2 N–H and O–H groups in total. The molecule has 1 amide bonds. The lowest BCUT2D eigenvalue weighted by Crippen LogP contribution is -3.08. The molecule has 2 rings (SSSR count). The minimum atomic E-state index is -3.56. The lowest BCUT2D eigenvalue weighted by atomic mass is 10.2.